The zero-order valence-corrected chi connectivity index (χ0v) is 23.3. The lowest BCUT2D eigenvalue weighted by atomic mass is 9.69. The fraction of sp³-hybridized carbons (Fsp3) is 0.467. The van der Waals surface area contributed by atoms with Crippen LogP contribution in [-0.4, -0.2) is 73.9 Å². The monoisotopic (exact) mass is 560 g/mol. The zero-order chi connectivity index (χ0) is 28.6. The van der Waals surface area contributed by atoms with Crippen molar-refractivity contribution < 1.29 is 13.5 Å². The van der Waals surface area contributed by atoms with E-state index < -0.39 is 6.43 Å². The highest BCUT2D eigenvalue weighted by atomic mass is 19.3. The minimum Gasteiger partial charge on any atom is -0.490 e. The summed E-state index contributed by atoms with van der Waals surface area (Å²) in [4.78, 5) is 16.3. The Balaban J connectivity index is 1.09. The molecule has 1 aliphatic heterocycles. The van der Waals surface area contributed by atoms with E-state index in [1.165, 1.54) is 6.07 Å². The molecule has 1 N–H and O–H groups in total. The van der Waals surface area contributed by atoms with Gasteiger partial charge >= 0.3 is 0 Å². The van der Waals surface area contributed by atoms with E-state index in [9.17, 15) is 14.0 Å². The molecule has 6 rings (SSSR count). The van der Waals surface area contributed by atoms with E-state index in [4.69, 9.17) is 4.74 Å². The molecule has 2 fully saturated rings. The molecular formula is C30H34F2N8O. The lowest BCUT2D eigenvalue weighted by molar-refractivity contribution is -0.0207. The van der Waals surface area contributed by atoms with Crippen LogP contribution >= 0.6 is 0 Å². The molecule has 0 spiro atoms. The largest absolute Gasteiger partial charge is 0.490 e. The summed E-state index contributed by atoms with van der Waals surface area (Å²) < 4.78 is 35.2. The number of nitrogens with one attached hydrogen (secondary N) is 1. The quantitative estimate of drug-likeness (QED) is 0.303. The average molecular weight is 561 g/mol. The normalized spacial score (nSPS) is 21.8. The highest BCUT2D eigenvalue weighted by Crippen LogP contribution is 2.45. The maximum atomic E-state index is 13.5. The summed E-state index contributed by atoms with van der Waals surface area (Å²) in [6.07, 6.45) is 8.41. The Morgan fingerprint density at radius 1 is 1.20 bits per heavy atom. The number of ether oxygens (including phenoxy) is 1. The summed E-state index contributed by atoms with van der Waals surface area (Å²) in [6.45, 7) is 2.32. The van der Waals surface area contributed by atoms with Crippen molar-refractivity contribution in [3.05, 3.63) is 60.3 Å². The van der Waals surface area contributed by atoms with Crippen LogP contribution in [0.1, 0.15) is 49.7 Å². The van der Waals surface area contributed by atoms with Crippen LogP contribution in [0.4, 0.5) is 8.78 Å². The molecule has 41 heavy (non-hydrogen) atoms. The van der Waals surface area contributed by atoms with Gasteiger partial charge in [0.1, 0.15) is 23.8 Å². The second-order valence-electron chi connectivity index (χ2n) is 11.6. The SMILES string of the molecule is CN(C)Cc1cc(OC2CCN(C3CC(CC#N)(n4cc(-c5ncnc6[nH]ccc56)cn4)C3)CC2)cc(C(F)F)c1. The van der Waals surface area contributed by atoms with E-state index in [0.717, 1.165) is 66.6 Å². The van der Waals surface area contributed by atoms with Crippen LogP contribution in [0.15, 0.2) is 49.2 Å². The molecule has 4 heterocycles. The molecule has 4 aromatic rings. The Labute approximate surface area is 237 Å². The number of rotatable bonds is 9. The van der Waals surface area contributed by atoms with Crippen molar-refractivity contribution in [1.29, 1.82) is 5.26 Å². The van der Waals surface area contributed by atoms with Gasteiger partial charge in [0.05, 0.1) is 29.9 Å². The minimum absolute atomic E-state index is 0.000838. The molecule has 0 amide bonds. The van der Waals surface area contributed by atoms with Crippen molar-refractivity contribution in [2.75, 3.05) is 27.2 Å². The molecule has 1 aromatic carbocycles. The van der Waals surface area contributed by atoms with Gasteiger partial charge < -0.3 is 14.6 Å². The third-order valence-corrected chi connectivity index (χ3v) is 8.37. The number of nitrogens with zero attached hydrogens (tertiary/aromatic N) is 7. The predicted molar refractivity (Wildman–Crippen MR) is 150 cm³/mol. The van der Waals surface area contributed by atoms with Crippen molar-refractivity contribution in [1.82, 2.24) is 34.5 Å². The van der Waals surface area contributed by atoms with E-state index in [-0.39, 0.29) is 17.2 Å². The number of halogens is 2. The van der Waals surface area contributed by atoms with Gasteiger partial charge in [-0.25, -0.2) is 18.7 Å². The number of hydrogen-bond donors (Lipinski definition) is 1. The number of alkyl halides is 2. The molecule has 2 aliphatic rings. The van der Waals surface area contributed by atoms with Crippen LogP contribution < -0.4 is 4.74 Å². The molecule has 0 bridgehead atoms. The number of nitriles is 1. The molecule has 9 nitrogen and oxygen atoms in total. The number of hydrogen-bond acceptors (Lipinski definition) is 7. The summed E-state index contributed by atoms with van der Waals surface area (Å²) in [5.41, 5.74) is 2.98. The number of piperidine rings is 1. The zero-order valence-electron chi connectivity index (χ0n) is 23.3. The third-order valence-electron chi connectivity index (χ3n) is 8.37. The van der Waals surface area contributed by atoms with Gasteiger partial charge in [-0.1, -0.05) is 0 Å². The van der Waals surface area contributed by atoms with Crippen LogP contribution in [0.2, 0.25) is 0 Å². The van der Waals surface area contributed by atoms with Crippen LogP contribution in [0.3, 0.4) is 0 Å². The van der Waals surface area contributed by atoms with Gasteiger partial charge in [-0.2, -0.15) is 10.4 Å². The molecule has 0 atom stereocenters. The lowest BCUT2D eigenvalue weighted by Crippen LogP contribution is -2.58. The lowest BCUT2D eigenvalue weighted by Gasteiger charge is -2.52. The topological polar surface area (TPSA) is 98.9 Å². The summed E-state index contributed by atoms with van der Waals surface area (Å²) in [7, 11) is 3.84. The summed E-state index contributed by atoms with van der Waals surface area (Å²) >= 11 is 0. The highest BCUT2D eigenvalue weighted by molar-refractivity contribution is 5.90. The van der Waals surface area contributed by atoms with Crippen molar-refractivity contribution >= 4 is 11.0 Å². The van der Waals surface area contributed by atoms with Crippen LogP contribution in [0.5, 0.6) is 5.75 Å². The Kier molecular flexibility index (Phi) is 7.45. The number of H-pyrrole nitrogens is 1. The van der Waals surface area contributed by atoms with E-state index in [1.54, 1.807) is 12.4 Å². The number of fused-ring (bicyclic) bond motifs is 1. The first-order chi connectivity index (χ1) is 19.8. The van der Waals surface area contributed by atoms with Crippen LogP contribution in [0.25, 0.3) is 22.3 Å². The minimum atomic E-state index is -2.53. The second kappa shape index (κ2) is 11.2. The number of benzene rings is 1. The Hall–Kier alpha value is -3.88. The molecule has 0 unspecified atom stereocenters. The standard InChI is InChI=1S/C30H34F2N8O/c1-38(2)17-20-11-21(28(31)32)13-25(12-20)41-24-4-9-39(10-5-24)23-14-30(15-23,6-7-33)40-18-22(16-37-40)27-26-3-8-34-29(26)36-19-35-27/h3,8,11-13,16,18-19,23-24,28H,4-6,9-10,14-15,17H2,1-2H3,(H,34,35,36). The maximum Gasteiger partial charge on any atom is 0.263 e. The molecule has 1 aliphatic carbocycles. The van der Waals surface area contributed by atoms with Gasteiger partial charge in [0.2, 0.25) is 0 Å². The fourth-order valence-electron chi connectivity index (χ4n) is 6.33. The molecule has 11 heteroatoms. The smallest absolute Gasteiger partial charge is 0.263 e. The van der Waals surface area contributed by atoms with Crippen molar-refractivity contribution in [2.24, 2.45) is 0 Å². The van der Waals surface area contributed by atoms with E-state index in [0.29, 0.717) is 24.8 Å². The molecule has 0 radical (unpaired) electrons. The van der Waals surface area contributed by atoms with Crippen LogP contribution in [-0.2, 0) is 12.1 Å². The second-order valence-corrected chi connectivity index (χ2v) is 11.6. The highest BCUT2D eigenvalue weighted by Gasteiger charge is 2.49. The van der Waals surface area contributed by atoms with Crippen molar-refractivity contribution in [3.8, 4) is 23.1 Å². The number of likely N-dealkylation sites (tertiary alicyclic amines) is 1. The maximum absolute atomic E-state index is 13.5. The summed E-state index contributed by atoms with van der Waals surface area (Å²) in [6, 6.07) is 9.61. The molecule has 3 aromatic heterocycles. The van der Waals surface area contributed by atoms with E-state index in [2.05, 4.69) is 31.0 Å². The summed E-state index contributed by atoms with van der Waals surface area (Å²) in [5.74, 6) is 0.518. The first-order valence-electron chi connectivity index (χ1n) is 14.0. The van der Waals surface area contributed by atoms with Crippen molar-refractivity contribution in [3.63, 3.8) is 0 Å². The molecule has 214 valence electrons. The van der Waals surface area contributed by atoms with Crippen molar-refractivity contribution in [2.45, 2.75) is 62.8 Å². The van der Waals surface area contributed by atoms with Gasteiger partial charge in [-0.05, 0) is 69.6 Å². The van der Waals surface area contributed by atoms with E-state index in [1.807, 2.05) is 54.4 Å². The van der Waals surface area contributed by atoms with E-state index >= 15 is 0 Å². The number of aromatic amines is 1. The van der Waals surface area contributed by atoms with Gasteiger partial charge in [-0.15, -0.1) is 0 Å². The molecular weight excluding hydrogens is 526 g/mol. The van der Waals surface area contributed by atoms with Gasteiger partial charge in [0.25, 0.3) is 6.43 Å². The Morgan fingerprint density at radius 3 is 2.73 bits per heavy atom. The van der Waals surface area contributed by atoms with Gasteiger partial charge in [0, 0.05) is 54.6 Å². The first kappa shape index (κ1) is 27.3. The van der Waals surface area contributed by atoms with Gasteiger partial charge in [0.15, 0.2) is 0 Å². The predicted octanol–water partition coefficient (Wildman–Crippen LogP) is 5.14. The molecule has 1 saturated carbocycles. The molecule has 1 saturated heterocycles. The Bertz CT molecular complexity index is 1540. The number of aromatic nitrogens is 5. The third kappa shape index (κ3) is 5.54. The Morgan fingerprint density at radius 2 is 2.00 bits per heavy atom. The average Bonchev–Trinajstić information content (AvgIpc) is 3.61. The fourth-order valence-corrected chi connectivity index (χ4v) is 6.33. The summed E-state index contributed by atoms with van der Waals surface area (Å²) in [5, 5.41) is 15.3. The first-order valence-corrected chi connectivity index (χ1v) is 14.0. The van der Waals surface area contributed by atoms with Crippen LogP contribution in [0, 0.1) is 11.3 Å². The van der Waals surface area contributed by atoms with Gasteiger partial charge in [-0.3, -0.25) is 9.58 Å².